The number of amides is 1. The summed E-state index contributed by atoms with van der Waals surface area (Å²) in [7, 11) is 0. The maximum atomic E-state index is 12.4. The minimum atomic E-state index is -0.597. The highest BCUT2D eigenvalue weighted by Crippen LogP contribution is 2.27. The molecule has 13 heteroatoms. The third-order valence-electron chi connectivity index (χ3n) is 6.17. The van der Waals surface area contributed by atoms with Crippen molar-refractivity contribution in [2.75, 3.05) is 19.6 Å². The Kier molecular flexibility index (Phi) is 9.82. The van der Waals surface area contributed by atoms with Crippen LogP contribution in [0.4, 0.5) is 4.79 Å². The van der Waals surface area contributed by atoms with Gasteiger partial charge in [0.2, 0.25) is 0 Å². The van der Waals surface area contributed by atoms with Gasteiger partial charge >= 0.3 is 6.09 Å². The molecule has 1 aliphatic heterocycles. The maximum Gasteiger partial charge on any atom is 0.410 e. The van der Waals surface area contributed by atoms with Gasteiger partial charge in [0.25, 0.3) is 0 Å². The van der Waals surface area contributed by atoms with E-state index in [-0.39, 0.29) is 12.1 Å². The van der Waals surface area contributed by atoms with Crippen LogP contribution in [0.2, 0.25) is 0 Å². The molecule has 0 bridgehead atoms. The second kappa shape index (κ2) is 13.1. The summed E-state index contributed by atoms with van der Waals surface area (Å²) < 4.78 is 13.2. The molecule has 1 atom stereocenters. The van der Waals surface area contributed by atoms with Crippen molar-refractivity contribution in [3.8, 4) is 11.8 Å². The fraction of sp³-hybridized carbons (Fsp3) is 0.519. The molecule has 1 fully saturated rings. The zero-order valence-corrected chi connectivity index (χ0v) is 23.9. The van der Waals surface area contributed by atoms with Crippen LogP contribution in [-0.4, -0.2) is 81.3 Å². The number of nitriles is 1. The standard InChI is InChI=1S/C27H38N10O3/c1-7-31-35-22(14-29)18(3)39-23-12-19(16-37-25(23)20(13-28)15-32-37)24(34-30)17(2)33-21-8-10-36(11-9-21)26(38)40-27(4,5)6/h12,14-16,18,21,29,31H,7-11,30H2,1-6H3/b29-14?,33-17?,34-24+,35-22+. The molecule has 1 unspecified atom stereocenters. The van der Waals surface area contributed by atoms with Crippen molar-refractivity contribution in [1.29, 1.82) is 10.7 Å². The van der Waals surface area contributed by atoms with Gasteiger partial charge in [-0.1, -0.05) is 0 Å². The molecular formula is C27H38N10O3. The first kappa shape index (κ1) is 30.1. The number of carbonyl (C=O) groups is 1. The third kappa shape index (κ3) is 7.34. The Morgan fingerprint density at radius 2 is 2.10 bits per heavy atom. The van der Waals surface area contributed by atoms with Gasteiger partial charge in [-0.05, 0) is 60.5 Å². The molecule has 0 aromatic carbocycles. The first-order valence-corrected chi connectivity index (χ1v) is 13.2. The fourth-order valence-electron chi connectivity index (χ4n) is 4.26. The molecule has 1 aliphatic rings. The summed E-state index contributed by atoms with van der Waals surface area (Å²) in [5, 5.41) is 29.9. The van der Waals surface area contributed by atoms with Crippen LogP contribution in [0.15, 0.2) is 33.7 Å². The number of piperidine rings is 1. The van der Waals surface area contributed by atoms with Crippen LogP contribution in [0, 0.1) is 16.7 Å². The number of nitrogens with two attached hydrogens (primary N) is 1. The average Bonchev–Trinajstić information content (AvgIpc) is 3.32. The number of hydrazone groups is 2. The van der Waals surface area contributed by atoms with E-state index in [2.05, 4.69) is 26.8 Å². The zero-order valence-electron chi connectivity index (χ0n) is 23.9. The highest BCUT2D eigenvalue weighted by molar-refractivity contribution is 6.47. The van der Waals surface area contributed by atoms with Gasteiger partial charge in [0, 0.05) is 37.6 Å². The van der Waals surface area contributed by atoms with E-state index in [1.807, 2.05) is 34.6 Å². The number of rotatable bonds is 9. The Balaban J connectivity index is 1.87. The number of carbonyl (C=O) groups excluding carboxylic acids is 1. The van der Waals surface area contributed by atoms with E-state index in [4.69, 9.17) is 25.7 Å². The summed E-state index contributed by atoms with van der Waals surface area (Å²) >= 11 is 0. The molecule has 2 aromatic heterocycles. The van der Waals surface area contributed by atoms with Crippen LogP contribution in [0.3, 0.4) is 0 Å². The van der Waals surface area contributed by atoms with E-state index in [0.717, 1.165) is 6.21 Å². The van der Waals surface area contributed by atoms with Gasteiger partial charge < -0.3 is 31.1 Å². The highest BCUT2D eigenvalue weighted by Gasteiger charge is 2.27. The molecule has 13 nitrogen and oxygen atoms in total. The lowest BCUT2D eigenvalue weighted by atomic mass is 10.0. The monoisotopic (exact) mass is 550 g/mol. The van der Waals surface area contributed by atoms with Crippen molar-refractivity contribution in [1.82, 2.24) is 19.9 Å². The highest BCUT2D eigenvalue weighted by atomic mass is 16.6. The number of hydrogen-bond acceptors (Lipinski definition) is 11. The van der Waals surface area contributed by atoms with Gasteiger partial charge in [0.1, 0.15) is 46.0 Å². The maximum absolute atomic E-state index is 12.4. The number of pyridine rings is 1. The van der Waals surface area contributed by atoms with Gasteiger partial charge in [-0.2, -0.15) is 20.6 Å². The molecule has 3 rings (SSSR count). The summed E-state index contributed by atoms with van der Waals surface area (Å²) in [6, 6.07) is 3.86. The number of likely N-dealkylation sites (tertiary alicyclic amines) is 1. The Labute approximate surface area is 234 Å². The fourth-order valence-corrected chi connectivity index (χ4v) is 4.26. The van der Waals surface area contributed by atoms with Crippen LogP contribution in [0.1, 0.15) is 65.5 Å². The number of hydrogen-bond donors (Lipinski definition) is 3. The van der Waals surface area contributed by atoms with Gasteiger partial charge in [0.15, 0.2) is 0 Å². The van der Waals surface area contributed by atoms with E-state index >= 15 is 0 Å². The molecule has 0 spiro atoms. The number of nitrogens with one attached hydrogen (secondary N) is 2. The molecule has 214 valence electrons. The predicted molar refractivity (Wildman–Crippen MR) is 155 cm³/mol. The molecule has 0 radical (unpaired) electrons. The molecule has 0 saturated carbocycles. The lowest BCUT2D eigenvalue weighted by Crippen LogP contribution is -2.42. The van der Waals surface area contributed by atoms with Crippen LogP contribution in [0.25, 0.3) is 5.52 Å². The molecule has 1 saturated heterocycles. The lowest BCUT2D eigenvalue weighted by molar-refractivity contribution is 0.0207. The molecular weight excluding hydrogens is 512 g/mol. The molecule has 40 heavy (non-hydrogen) atoms. The van der Waals surface area contributed by atoms with Gasteiger partial charge in [-0.3, -0.25) is 4.99 Å². The molecule has 4 N–H and O–H groups in total. The first-order chi connectivity index (χ1) is 19.0. The average molecular weight is 551 g/mol. The van der Waals surface area contributed by atoms with Gasteiger partial charge in [-0.25, -0.2) is 9.31 Å². The second-order valence-electron chi connectivity index (χ2n) is 10.4. The van der Waals surface area contributed by atoms with Crippen LogP contribution < -0.4 is 16.0 Å². The SMILES string of the molecule is CCN/N=C(\C=N)C(C)Oc1cc(/C(=N/N)C(C)=NC2CCN(C(=O)OC(C)(C)C)CC2)cn2ncc(C#N)c12. The summed E-state index contributed by atoms with van der Waals surface area (Å²) in [6.07, 6.45) is 4.74. The Hall–Kier alpha value is -4.47. The minimum Gasteiger partial charge on any atom is -0.482 e. The Bertz CT molecular complexity index is 1360. The van der Waals surface area contributed by atoms with Gasteiger partial charge in [-0.15, -0.1) is 0 Å². The Morgan fingerprint density at radius 3 is 2.67 bits per heavy atom. The van der Waals surface area contributed by atoms with E-state index in [1.165, 1.54) is 6.20 Å². The third-order valence-corrected chi connectivity index (χ3v) is 6.17. The number of aliphatic imine (C=N–C) groups is 1. The molecule has 1 amide bonds. The smallest absolute Gasteiger partial charge is 0.410 e. The van der Waals surface area contributed by atoms with E-state index in [9.17, 15) is 10.1 Å². The summed E-state index contributed by atoms with van der Waals surface area (Å²) in [6.45, 7) is 12.7. The van der Waals surface area contributed by atoms with Crippen LogP contribution >= 0.6 is 0 Å². The van der Waals surface area contributed by atoms with Crippen LogP contribution in [-0.2, 0) is 4.74 Å². The van der Waals surface area contributed by atoms with Crippen molar-refractivity contribution in [3.63, 3.8) is 0 Å². The van der Waals surface area contributed by atoms with E-state index < -0.39 is 11.7 Å². The molecule has 2 aromatic rings. The quantitative estimate of drug-likeness (QED) is 0.244. The zero-order chi connectivity index (χ0) is 29.4. The molecule has 0 aliphatic carbocycles. The number of fused-ring (bicyclic) bond motifs is 1. The predicted octanol–water partition coefficient (Wildman–Crippen LogP) is 3.11. The van der Waals surface area contributed by atoms with Crippen molar-refractivity contribution in [2.45, 2.75) is 72.1 Å². The number of ether oxygens (including phenoxy) is 2. The van der Waals surface area contributed by atoms with Crippen molar-refractivity contribution in [3.05, 3.63) is 29.6 Å². The lowest BCUT2D eigenvalue weighted by Gasteiger charge is -2.32. The summed E-state index contributed by atoms with van der Waals surface area (Å²) in [4.78, 5) is 19.0. The largest absolute Gasteiger partial charge is 0.482 e. The Morgan fingerprint density at radius 1 is 1.40 bits per heavy atom. The first-order valence-electron chi connectivity index (χ1n) is 13.2. The van der Waals surface area contributed by atoms with E-state index in [1.54, 1.807) is 28.6 Å². The van der Waals surface area contributed by atoms with Crippen molar-refractivity contribution >= 4 is 35.0 Å². The van der Waals surface area contributed by atoms with E-state index in [0.29, 0.717) is 72.0 Å². The van der Waals surface area contributed by atoms with Crippen LogP contribution in [0.5, 0.6) is 5.75 Å². The normalized spacial score (nSPS) is 16.4. The van der Waals surface area contributed by atoms with Crippen molar-refractivity contribution in [2.24, 2.45) is 21.0 Å². The summed E-state index contributed by atoms with van der Waals surface area (Å²) in [5.74, 6) is 6.21. The molecule has 3 heterocycles. The summed E-state index contributed by atoms with van der Waals surface area (Å²) in [5.41, 5.74) is 5.15. The second-order valence-corrected chi connectivity index (χ2v) is 10.4. The van der Waals surface area contributed by atoms with Crippen molar-refractivity contribution < 1.29 is 14.3 Å². The topological polar surface area (TPSA) is 179 Å². The van der Waals surface area contributed by atoms with Gasteiger partial charge in [0.05, 0.1) is 18.0 Å². The number of nitrogens with zero attached hydrogens (tertiary/aromatic N) is 7. The minimum absolute atomic E-state index is 0.0118. The number of aromatic nitrogens is 2.